The third kappa shape index (κ3) is 8.04. The average molecular weight is 495 g/mol. The molecule has 4 aromatic carbocycles. The van der Waals surface area contributed by atoms with Crippen molar-refractivity contribution in [3.63, 3.8) is 0 Å². The minimum atomic E-state index is -0.391. The Morgan fingerprint density at radius 1 is 0.649 bits per heavy atom. The quantitative estimate of drug-likeness (QED) is 0.209. The van der Waals surface area contributed by atoms with E-state index in [4.69, 9.17) is 14.6 Å². The van der Waals surface area contributed by atoms with E-state index in [1.54, 1.807) is 0 Å². The normalized spacial score (nSPS) is 12.3. The Hall–Kier alpha value is -3.40. The van der Waals surface area contributed by atoms with Gasteiger partial charge in [0.1, 0.15) is 12.4 Å². The van der Waals surface area contributed by atoms with Crippen LogP contribution in [0, 0.1) is 0 Å². The van der Waals surface area contributed by atoms with E-state index in [-0.39, 0.29) is 12.5 Å². The molecule has 0 spiro atoms. The second-order valence-electron chi connectivity index (χ2n) is 10.1. The molecule has 0 saturated heterocycles. The zero-order valence-electron chi connectivity index (χ0n) is 22.0. The van der Waals surface area contributed by atoms with Gasteiger partial charge in [-0.25, -0.2) is 0 Å². The van der Waals surface area contributed by atoms with E-state index < -0.39 is 5.60 Å². The Morgan fingerprint density at radius 2 is 1.22 bits per heavy atom. The Bertz CT molecular complexity index is 1180. The Kier molecular flexibility index (Phi) is 9.53. The smallest absolute Gasteiger partial charge is 0.119 e. The molecule has 3 heteroatoms. The first-order valence-corrected chi connectivity index (χ1v) is 13.2. The molecule has 0 aliphatic rings. The van der Waals surface area contributed by atoms with Crippen LogP contribution in [0.5, 0.6) is 5.75 Å². The van der Waals surface area contributed by atoms with Gasteiger partial charge >= 0.3 is 0 Å². The molecule has 0 fully saturated rings. The Morgan fingerprint density at radius 3 is 1.81 bits per heavy atom. The summed E-state index contributed by atoms with van der Waals surface area (Å²) in [4.78, 5) is 0. The molecule has 1 N–H and O–H groups in total. The fraction of sp³-hybridized carbons (Fsp3) is 0.294. The van der Waals surface area contributed by atoms with Crippen molar-refractivity contribution < 1.29 is 14.6 Å². The van der Waals surface area contributed by atoms with Gasteiger partial charge in [0, 0.05) is 12.5 Å². The van der Waals surface area contributed by atoms with Crippen LogP contribution in [0.1, 0.15) is 54.0 Å². The number of ether oxygens (including phenoxy) is 2. The molecule has 4 rings (SSSR count). The third-order valence-electron chi connectivity index (χ3n) is 6.91. The van der Waals surface area contributed by atoms with Crippen LogP contribution in [0.15, 0.2) is 109 Å². The molecule has 0 radical (unpaired) electrons. The molecular weight excluding hydrogens is 456 g/mol. The molecule has 0 saturated carbocycles. The van der Waals surface area contributed by atoms with E-state index in [0.717, 1.165) is 30.6 Å². The molecular formula is C34H38O3. The van der Waals surface area contributed by atoms with E-state index in [1.807, 2.05) is 24.3 Å². The summed E-state index contributed by atoms with van der Waals surface area (Å²) in [6, 6.07) is 37.8. The highest BCUT2D eigenvalue weighted by atomic mass is 16.5. The SMILES string of the molecule is CC(C)(OCc1ccccc1)C(Cc1ccc(CCCO)cc1)c1ccc(OCc2ccccc2)cc1. The number of rotatable bonds is 13. The number of aliphatic hydroxyl groups is 1. The zero-order valence-corrected chi connectivity index (χ0v) is 22.0. The van der Waals surface area contributed by atoms with Gasteiger partial charge in [0.15, 0.2) is 0 Å². The second-order valence-corrected chi connectivity index (χ2v) is 10.1. The highest BCUT2D eigenvalue weighted by Crippen LogP contribution is 2.36. The van der Waals surface area contributed by atoms with Crippen molar-refractivity contribution in [1.82, 2.24) is 0 Å². The standard InChI is InChI=1S/C34H38O3/c1-34(2,37-26-30-12-7-4-8-13-30)33(24-28-17-15-27(16-18-28)14-9-23-35)31-19-21-32(22-20-31)36-25-29-10-5-3-6-11-29/h3-8,10-13,15-22,33,35H,9,14,23-26H2,1-2H3. The van der Waals surface area contributed by atoms with Gasteiger partial charge in [0.2, 0.25) is 0 Å². The summed E-state index contributed by atoms with van der Waals surface area (Å²) in [5.74, 6) is 1.02. The molecule has 0 aromatic heterocycles. The summed E-state index contributed by atoms with van der Waals surface area (Å²) in [5, 5.41) is 9.14. The van der Waals surface area contributed by atoms with Gasteiger partial charge in [-0.05, 0) is 73.1 Å². The maximum Gasteiger partial charge on any atom is 0.119 e. The number of hydrogen-bond donors (Lipinski definition) is 1. The summed E-state index contributed by atoms with van der Waals surface area (Å²) in [6.07, 6.45) is 2.56. The molecule has 0 amide bonds. The fourth-order valence-corrected chi connectivity index (χ4v) is 4.61. The van der Waals surface area contributed by atoms with E-state index in [0.29, 0.717) is 13.2 Å². The second kappa shape index (κ2) is 13.2. The van der Waals surface area contributed by atoms with Crippen molar-refractivity contribution in [1.29, 1.82) is 0 Å². The lowest BCUT2D eigenvalue weighted by Crippen LogP contribution is -2.34. The molecule has 4 aromatic rings. The summed E-state index contributed by atoms with van der Waals surface area (Å²) >= 11 is 0. The average Bonchev–Trinajstić information content (AvgIpc) is 2.95. The third-order valence-corrected chi connectivity index (χ3v) is 6.91. The Balaban J connectivity index is 1.51. The van der Waals surface area contributed by atoms with Crippen LogP contribution in [0.2, 0.25) is 0 Å². The van der Waals surface area contributed by atoms with Crippen molar-refractivity contribution in [2.45, 2.75) is 57.8 Å². The lowest BCUT2D eigenvalue weighted by molar-refractivity contribution is -0.0489. The van der Waals surface area contributed by atoms with Crippen LogP contribution in [0.4, 0.5) is 0 Å². The summed E-state index contributed by atoms with van der Waals surface area (Å²) in [7, 11) is 0. The van der Waals surface area contributed by atoms with Crippen molar-refractivity contribution >= 4 is 0 Å². The number of aryl methyl sites for hydroxylation is 1. The molecule has 3 nitrogen and oxygen atoms in total. The van der Waals surface area contributed by atoms with Gasteiger partial charge < -0.3 is 14.6 Å². The minimum absolute atomic E-state index is 0.155. The first-order valence-electron chi connectivity index (χ1n) is 13.2. The van der Waals surface area contributed by atoms with Crippen LogP contribution in [0.25, 0.3) is 0 Å². The molecule has 0 aliphatic heterocycles. The predicted octanol–water partition coefficient (Wildman–Crippen LogP) is 7.51. The lowest BCUT2D eigenvalue weighted by Gasteiger charge is -2.35. The molecule has 192 valence electrons. The van der Waals surface area contributed by atoms with Gasteiger partial charge in [-0.1, -0.05) is 97.1 Å². The fourth-order valence-electron chi connectivity index (χ4n) is 4.61. The maximum absolute atomic E-state index is 9.14. The minimum Gasteiger partial charge on any atom is -0.489 e. The highest BCUT2D eigenvalue weighted by molar-refractivity contribution is 5.34. The summed E-state index contributed by atoms with van der Waals surface area (Å²) < 4.78 is 12.6. The first kappa shape index (κ1) is 26.7. The van der Waals surface area contributed by atoms with Crippen molar-refractivity contribution in [2.24, 2.45) is 0 Å². The van der Waals surface area contributed by atoms with Gasteiger partial charge in [-0.3, -0.25) is 0 Å². The van der Waals surface area contributed by atoms with Gasteiger partial charge in [0.05, 0.1) is 12.2 Å². The van der Waals surface area contributed by atoms with Crippen molar-refractivity contribution in [3.05, 3.63) is 137 Å². The Labute approximate surface area is 221 Å². The highest BCUT2D eigenvalue weighted by Gasteiger charge is 2.32. The molecule has 1 unspecified atom stereocenters. The first-order chi connectivity index (χ1) is 18.0. The van der Waals surface area contributed by atoms with Crippen LogP contribution >= 0.6 is 0 Å². The van der Waals surface area contributed by atoms with Crippen molar-refractivity contribution in [2.75, 3.05) is 6.61 Å². The summed E-state index contributed by atoms with van der Waals surface area (Å²) in [6.45, 7) is 5.73. The molecule has 0 heterocycles. The van der Waals surface area contributed by atoms with Gasteiger partial charge in [-0.2, -0.15) is 0 Å². The van der Waals surface area contributed by atoms with E-state index in [2.05, 4.69) is 98.8 Å². The predicted molar refractivity (Wildman–Crippen MR) is 151 cm³/mol. The van der Waals surface area contributed by atoms with E-state index >= 15 is 0 Å². The van der Waals surface area contributed by atoms with E-state index in [1.165, 1.54) is 22.3 Å². The monoisotopic (exact) mass is 494 g/mol. The molecule has 0 aliphatic carbocycles. The maximum atomic E-state index is 9.14. The van der Waals surface area contributed by atoms with Crippen LogP contribution in [-0.4, -0.2) is 17.3 Å². The zero-order chi connectivity index (χ0) is 25.9. The molecule has 0 bridgehead atoms. The van der Waals surface area contributed by atoms with E-state index in [9.17, 15) is 0 Å². The number of aliphatic hydroxyl groups excluding tert-OH is 1. The van der Waals surface area contributed by atoms with Crippen LogP contribution < -0.4 is 4.74 Å². The van der Waals surface area contributed by atoms with Gasteiger partial charge in [0.25, 0.3) is 0 Å². The lowest BCUT2D eigenvalue weighted by atomic mass is 9.80. The van der Waals surface area contributed by atoms with Crippen LogP contribution in [-0.2, 0) is 30.8 Å². The van der Waals surface area contributed by atoms with Gasteiger partial charge in [-0.15, -0.1) is 0 Å². The largest absolute Gasteiger partial charge is 0.489 e. The number of hydrogen-bond acceptors (Lipinski definition) is 3. The van der Waals surface area contributed by atoms with Crippen LogP contribution in [0.3, 0.4) is 0 Å². The summed E-state index contributed by atoms with van der Waals surface area (Å²) in [5.41, 5.74) is 5.70. The molecule has 1 atom stereocenters. The number of benzene rings is 4. The van der Waals surface area contributed by atoms with Crippen molar-refractivity contribution in [3.8, 4) is 5.75 Å². The molecule has 37 heavy (non-hydrogen) atoms. The topological polar surface area (TPSA) is 38.7 Å².